The van der Waals surface area contributed by atoms with E-state index in [-0.39, 0.29) is 18.3 Å². The molecule has 1 aliphatic carbocycles. The summed E-state index contributed by atoms with van der Waals surface area (Å²) in [5, 5.41) is 3.84. The van der Waals surface area contributed by atoms with Crippen LogP contribution in [0.1, 0.15) is 40.0 Å². The molecule has 0 aliphatic heterocycles. The van der Waals surface area contributed by atoms with E-state index in [9.17, 15) is 9.18 Å². The first kappa shape index (κ1) is 20.9. The molecule has 0 radical (unpaired) electrons. The molecule has 1 aliphatic rings. The van der Waals surface area contributed by atoms with Crippen molar-refractivity contribution >= 4 is 28.2 Å². The van der Waals surface area contributed by atoms with Crippen molar-refractivity contribution in [3.05, 3.63) is 94.9 Å². The molecule has 0 fully saturated rings. The fraction of sp³-hybridized carbons (Fsp3) is 0.185. The van der Waals surface area contributed by atoms with Gasteiger partial charge in [-0.05, 0) is 79.8 Å². The second-order valence-corrected chi connectivity index (χ2v) is 8.24. The van der Waals surface area contributed by atoms with E-state index in [0.29, 0.717) is 17.0 Å². The number of halogens is 1. The van der Waals surface area contributed by atoms with Crippen LogP contribution in [0.25, 0.3) is 10.9 Å². The number of fused-ring (bicyclic) bond motifs is 2. The van der Waals surface area contributed by atoms with Crippen molar-refractivity contribution in [3.8, 4) is 5.75 Å². The third-order valence-electron chi connectivity index (χ3n) is 6.03. The molecule has 0 spiro atoms. The Morgan fingerprint density at radius 1 is 1.03 bits per heavy atom. The lowest BCUT2D eigenvalue weighted by atomic mass is 9.93. The quantitative estimate of drug-likeness (QED) is 0.419. The average molecular weight is 442 g/mol. The van der Waals surface area contributed by atoms with Gasteiger partial charge >= 0.3 is 0 Å². The maximum atomic E-state index is 13.1. The predicted molar refractivity (Wildman–Crippen MR) is 128 cm³/mol. The highest BCUT2D eigenvalue weighted by Crippen LogP contribution is 2.32. The molecule has 3 aromatic carbocycles. The van der Waals surface area contributed by atoms with E-state index < -0.39 is 0 Å². The van der Waals surface area contributed by atoms with Gasteiger partial charge in [-0.3, -0.25) is 9.78 Å². The number of benzene rings is 3. The minimum absolute atomic E-state index is 0.190. The van der Waals surface area contributed by atoms with E-state index in [2.05, 4.69) is 5.32 Å². The second kappa shape index (κ2) is 8.90. The topological polar surface area (TPSA) is 77.2 Å². The first-order valence-corrected chi connectivity index (χ1v) is 11.1. The molecule has 0 bridgehead atoms. The van der Waals surface area contributed by atoms with E-state index in [0.717, 1.165) is 59.1 Å². The fourth-order valence-corrected chi connectivity index (χ4v) is 4.30. The van der Waals surface area contributed by atoms with Gasteiger partial charge in [-0.2, -0.15) is 0 Å². The average Bonchev–Trinajstić information content (AvgIpc) is 2.84. The minimum atomic E-state index is -0.325. The maximum Gasteiger partial charge on any atom is 0.256 e. The normalized spacial score (nSPS) is 12.9. The Balaban J connectivity index is 1.37. The van der Waals surface area contributed by atoms with Crippen LogP contribution in [-0.4, -0.2) is 10.9 Å². The van der Waals surface area contributed by atoms with Crippen molar-refractivity contribution in [2.24, 2.45) is 0 Å². The van der Waals surface area contributed by atoms with Crippen LogP contribution < -0.4 is 15.8 Å². The largest absolute Gasteiger partial charge is 0.489 e. The zero-order valence-corrected chi connectivity index (χ0v) is 18.1. The molecule has 0 saturated heterocycles. The number of carbonyl (C=O) groups excluding carboxylic acids is 1. The van der Waals surface area contributed by atoms with E-state index in [1.165, 1.54) is 12.1 Å². The summed E-state index contributed by atoms with van der Waals surface area (Å²) in [6, 6.07) is 18.7. The number of aryl methyl sites for hydroxylation is 1. The number of carbonyl (C=O) groups is 1. The highest BCUT2D eigenvalue weighted by Gasteiger charge is 2.17. The summed E-state index contributed by atoms with van der Waals surface area (Å²) in [6.07, 6.45) is 4.17. The van der Waals surface area contributed by atoms with Gasteiger partial charge in [0, 0.05) is 33.6 Å². The van der Waals surface area contributed by atoms with Crippen LogP contribution in [0.3, 0.4) is 0 Å². The maximum absolute atomic E-state index is 13.1. The monoisotopic (exact) mass is 441 g/mol. The summed E-state index contributed by atoms with van der Waals surface area (Å²) in [7, 11) is 0. The number of hydrogen-bond donors (Lipinski definition) is 2. The molecule has 166 valence electrons. The van der Waals surface area contributed by atoms with Gasteiger partial charge in [0.25, 0.3) is 5.91 Å². The second-order valence-electron chi connectivity index (χ2n) is 8.24. The van der Waals surface area contributed by atoms with Gasteiger partial charge in [0.15, 0.2) is 0 Å². The van der Waals surface area contributed by atoms with Crippen molar-refractivity contribution in [2.45, 2.75) is 32.3 Å². The van der Waals surface area contributed by atoms with Crippen LogP contribution in [0.15, 0.2) is 66.7 Å². The van der Waals surface area contributed by atoms with E-state index in [4.69, 9.17) is 15.5 Å². The van der Waals surface area contributed by atoms with Gasteiger partial charge in [-0.15, -0.1) is 0 Å². The van der Waals surface area contributed by atoms with Crippen LogP contribution in [-0.2, 0) is 19.4 Å². The summed E-state index contributed by atoms with van der Waals surface area (Å²) in [5.41, 5.74) is 12.2. The van der Waals surface area contributed by atoms with Gasteiger partial charge in [0.05, 0.1) is 5.52 Å². The molecule has 4 aromatic rings. The van der Waals surface area contributed by atoms with Gasteiger partial charge < -0.3 is 15.8 Å². The molecular formula is C27H24FN3O2. The Bertz CT molecular complexity index is 1340. The molecule has 33 heavy (non-hydrogen) atoms. The number of nitrogen functional groups attached to an aromatic ring is 1. The Kier molecular flexibility index (Phi) is 5.65. The number of rotatable bonds is 5. The predicted octanol–water partition coefficient (Wildman–Crippen LogP) is 5.67. The minimum Gasteiger partial charge on any atom is -0.489 e. The third-order valence-corrected chi connectivity index (χ3v) is 6.03. The lowest BCUT2D eigenvalue weighted by molar-refractivity contribution is 0.102. The number of nitrogens with one attached hydrogen (secondary N) is 1. The Morgan fingerprint density at radius 3 is 2.67 bits per heavy atom. The SMILES string of the molecule is Nc1c2c(nc3ccc(NC(=O)c4ccccc4COc4ccc(F)cc4)cc13)CCCC2. The summed E-state index contributed by atoms with van der Waals surface area (Å²) < 4.78 is 18.9. The third kappa shape index (κ3) is 4.37. The lowest BCUT2D eigenvalue weighted by Gasteiger charge is -2.19. The van der Waals surface area contributed by atoms with Gasteiger partial charge in [-0.1, -0.05) is 18.2 Å². The van der Waals surface area contributed by atoms with E-state index in [1.807, 2.05) is 36.4 Å². The number of pyridine rings is 1. The van der Waals surface area contributed by atoms with Crippen molar-refractivity contribution in [2.75, 3.05) is 11.1 Å². The molecular weight excluding hydrogens is 417 g/mol. The molecule has 5 rings (SSSR count). The Labute approximate surface area is 191 Å². The number of amides is 1. The highest BCUT2D eigenvalue weighted by atomic mass is 19.1. The highest BCUT2D eigenvalue weighted by molar-refractivity contribution is 6.06. The van der Waals surface area contributed by atoms with E-state index in [1.54, 1.807) is 18.2 Å². The lowest BCUT2D eigenvalue weighted by Crippen LogP contribution is -2.15. The number of nitrogens with zero attached hydrogens (tertiary/aromatic N) is 1. The van der Waals surface area contributed by atoms with Crippen molar-refractivity contribution in [1.29, 1.82) is 0 Å². The molecule has 1 heterocycles. The first-order chi connectivity index (χ1) is 16.1. The summed E-state index contributed by atoms with van der Waals surface area (Å²) in [4.78, 5) is 17.9. The molecule has 1 aromatic heterocycles. The van der Waals surface area contributed by atoms with Crippen LogP contribution in [0, 0.1) is 5.82 Å². The zero-order valence-electron chi connectivity index (χ0n) is 18.1. The standard InChI is InChI=1S/C27H24FN3O2/c28-18-9-12-20(13-10-18)33-16-17-5-1-2-6-21(17)27(32)30-19-11-14-25-23(15-19)26(29)22-7-3-4-8-24(22)31-25/h1-2,5-6,9-15H,3-4,7-8,16H2,(H2,29,31)(H,30,32). The number of hydrogen-bond acceptors (Lipinski definition) is 4. The number of nitrogens with two attached hydrogens (primary N) is 1. The van der Waals surface area contributed by atoms with Gasteiger partial charge in [0.1, 0.15) is 18.2 Å². The molecule has 3 N–H and O–H groups in total. The van der Waals surface area contributed by atoms with Crippen LogP contribution in [0.5, 0.6) is 5.75 Å². The van der Waals surface area contributed by atoms with Crippen LogP contribution >= 0.6 is 0 Å². The summed E-state index contributed by atoms with van der Waals surface area (Å²) in [5.74, 6) is -0.0292. The molecule has 1 amide bonds. The summed E-state index contributed by atoms with van der Waals surface area (Å²) in [6.45, 7) is 0.190. The first-order valence-electron chi connectivity index (χ1n) is 11.1. The number of anilines is 2. The number of aromatic nitrogens is 1. The van der Waals surface area contributed by atoms with E-state index >= 15 is 0 Å². The molecule has 0 saturated carbocycles. The zero-order chi connectivity index (χ0) is 22.8. The van der Waals surface area contributed by atoms with Crippen LogP contribution in [0.2, 0.25) is 0 Å². The molecule has 6 heteroatoms. The fourth-order valence-electron chi connectivity index (χ4n) is 4.30. The van der Waals surface area contributed by atoms with Gasteiger partial charge in [0.2, 0.25) is 0 Å². The van der Waals surface area contributed by atoms with Crippen LogP contribution in [0.4, 0.5) is 15.8 Å². The smallest absolute Gasteiger partial charge is 0.256 e. The van der Waals surface area contributed by atoms with Crippen molar-refractivity contribution in [3.63, 3.8) is 0 Å². The molecule has 0 atom stereocenters. The van der Waals surface area contributed by atoms with Crippen molar-refractivity contribution < 1.29 is 13.9 Å². The Hall–Kier alpha value is -3.93. The summed E-state index contributed by atoms with van der Waals surface area (Å²) >= 11 is 0. The van der Waals surface area contributed by atoms with Crippen molar-refractivity contribution in [1.82, 2.24) is 4.98 Å². The van der Waals surface area contributed by atoms with Gasteiger partial charge in [-0.25, -0.2) is 4.39 Å². The molecule has 0 unspecified atom stereocenters. The Morgan fingerprint density at radius 2 is 1.82 bits per heavy atom. The number of ether oxygens (including phenoxy) is 1. The molecule has 5 nitrogen and oxygen atoms in total.